The number of hydrogen-bond acceptors (Lipinski definition) is 6. The number of aryl methyl sites for hydroxylation is 4. The highest BCUT2D eigenvalue weighted by Crippen LogP contribution is 2.36. The molecule has 0 saturated carbocycles. The van der Waals surface area contributed by atoms with Crippen molar-refractivity contribution in [1.29, 1.82) is 0 Å². The number of aromatic nitrogens is 3. The van der Waals surface area contributed by atoms with Crippen LogP contribution in [0.3, 0.4) is 0 Å². The topological polar surface area (TPSA) is 76.9 Å². The highest BCUT2D eigenvalue weighted by molar-refractivity contribution is 7.19. The number of thiophene rings is 1. The van der Waals surface area contributed by atoms with Crippen LogP contribution >= 0.6 is 22.7 Å². The van der Waals surface area contributed by atoms with E-state index in [1.807, 2.05) is 38.1 Å². The van der Waals surface area contributed by atoms with E-state index >= 15 is 0 Å². The molecule has 3 heterocycles. The number of carbonyl (C=O) groups excluding carboxylic acids is 1. The molecule has 5 rings (SSSR count). The van der Waals surface area contributed by atoms with Crippen LogP contribution in [-0.2, 0) is 11.3 Å². The van der Waals surface area contributed by atoms with E-state index in [1.54, 1.807) is 11.3 Å². The largest absolute Gasteiger partial charge is 0.324 e. The maximum atomic E-state index is 13.4. The molecule has 33 heavy (non-hydrogen) atoms. The molecule has 0 bridgehead atoms. The van der Waals surface area contributed by atoms with Crippen LogP contribution < -0.4 is 10.9 Å². The summed E-state index contributed by atoms with van der Waals surface area (Å²) < 4.78 is 2.39. The molecule has 2 aromatic carbocycles. The minimum atomic E-state index is -0.279. The van der Waals surface area contributed by atoms with Crippen LogP contribution in [-0.4, -0.2) is 20.4 Å². The lowest BCUT2D eigenvalue weighted by Gasteiger charge is -2.09. The molecule has 0 aliphatic heterocycles. The van der Waals surface area contributed by atoms with Gasteiger partial charge in [-0.15, -0.1) is 22.7 Å². The molecule has 166 valence electrons. The molecular weight excluding hydrogens is 452 g/mol. The van der Waals surface area contributed by atoms with Gasteiger partial charge in [0.15, 0.2) is 0 Å². The highest BCUT2D eigenvalue weighted by Gasteiger charge is 2.18. The maximum Gasteiger partial charge on any atom is 0.263 e. The van der Waals surface area contributed by atoms with Crippen LogP contribution in [0.5, 0.6) is 0 Å². The second kappa shape index (κ2) is 8.20. The molecule has 1 amide bonds. The second-order valence-corrected chi connectivity index (χ2v) is 10.6. The van der Waals surface area contributed by atoms with Crippen LogP contribution in [0.25, 0.3) is 31.6 Å². The van der Waals surface area contributed by atoms with Crippen molar-refractivity contribution < 1.29 is 4.79 Å². The zero-order chi connectivity index (χ0) is 23.3. The molecule has 5 aromatic rings. The molecule has 0 saturated heterocycles. The van der Waals surface area contributed by atoms with Gasteiger partial charge in [-0.25, -0.2) is 9.97 Å². The summed E-state index contributed by atoms with van der Waals surface area (Å²) in [6.45, 7) is 7.98. The van der Waals surface area contributed by atoms with Gasteiger partial charge in [-0.05, 0) is 62.6 Å². The number of benzene rings is 2. The lowest BCUT2D eigenvalue weighted by molar-refractivity contribution is -0.116. The fraction of sp³-hybridized carbons (Fsp3) is 0.200. The summed E-state index contributed by atoms with van der Waals surface area (Å²) in [5.41, 5.74) is 5.65. The van der Waals surface area contributed by atoms with E-state index in [1.165, 1.54) is 33.4 Å². The Bertz CT molecular complexity index is 1610. The third-order valence-electron chi connectivity index (χ3n) is 5.74. The number of carbonyl (C=O) groups is 1. The summed E-state index contributed by atoms with van der Waals surface area (Å²) in [4.78, 5) is 36.8. The molecule has 3 aromatic heterocycles. The van der Waals surface area contributed by atoms with Crippen molar-refractivity contribution in [3.05, 3.63) is 74.1 Å². The van der Waals surface area contributed by atoms with Gasteiger partial charge in [0.2, 0.25) is 5.91 Å². The van der Waals surface area contributed by atoms with Crippen molar-refractivity contribution >= 4 is 54.7 Å². The molecule has 0 aliphatic carbocycles. The smallest absolute Gasteiger partial charge is 0.263 e. The van der Waals surface area contributed by atoms with Crippen molar-refractivity contribution in [3.63, 3.8) is 0 Å². The van der Waals surface area contributed by atoms with Crippen molar-refractivity contribution in [2.24, 2.45) is 0 Å². The van der Waals surface area contributed by atoms with Gasteiger partial charge in [0, 0.05) is 16.1 Å². The standard InChI is InChI=1S/C25H22N4O2S2/c1-13-5-6-17(9-14(13)2)22-15(3)32-24-23(22)25(31)29(12-26-24)11-21(30)28-18-7-8-19-20(10-18)33-16(4)27-19/h5-10,12H,11H2,1-4H3,(H,28,30). The summed E-state index contributed by atoms with van der Waals surface area (Å²) >= 11 is 3.08. The fourth-order valence-electron chi connectivity index (χ4n) is 3.97. The van der Waals surface area contributed by atoms with Gasteiger partial charge in [0.05, 0.1) is 26.9 Å². The Labute approximate surface area is 198 Å². The number of hydrogen-bond donors (Lipinski definition) is 1. The van der Waals surface area contributed by atoms with Gasteiger partial charge in [0.25, 0.3) is 5.56 Å². The molecular formula is C25H22N4O2S2. The zero-order valence-corrected chi connectivity index (χ0v) is 20.4. The fourth-order valence-corrected chi connectivity index (χ4v) is 5.84. The summed E-state index contributed by atoms with van der Waals surface area (Å²) in [5, 5.41) is 4.43. The Morgan fingerprint density at radius 1 is 1.03 bits per heavy atom. The zero-order valence-electron chi connectivity index (χ0n) is 18.7. The summed E-state index contributed by atoms with van der Waals surface area (Å²) in [6, 6.07) is 11.8. The molecule has 0 unspecified atom stereocenters. The monoisotopic (exact) mass is 474 g/mol. The molecule has 0 spiro atoms. The van der Waals surface area contributed by atoms with E-state index in [4.69, 9.17) is 0 Å². The number of nitrogens with one attached hydrogen (secondary N) is 1. The number of anilines is 1. The molecule has 0 atom stereocenters. The molecule has 6 nitrogen and oxygen atoms in total. The van der Waals surface area contributed by atoms with E-state index in [-0.39, 0.29) is 18.0 Å². The van der Waals surface area contributed by atoms with E-state index in [9.17, 15) is 9.59 Å². The van der Waals surface area contributed by atoms with Crippen LogP contribution in [0.4, 0.5) is 5.69 Å². The van der Waals surface area contributed by atoms with Crippen LogP contribution in [0.1, 0.15) is 21.0 Å². The first kappa shape index (κ1) is 21.5. The summed E-state index contributed by atoms with van der Waals surface area (Å²) in [5.74, 6) is -0.279. The third kappa shape index (κ3) is 3.96. The lowest BCUT2D eigenvalue weighted by Crippen LogP contribution is -2.27. The van der Waals surface area contributed by atoms with E-state index in [0.717, 1.165) is 31.2 Å². The molecule has 0 fully saturated rings. The van der Waals surface area contributed by atoms with E-state index in [0.29, 0.717) is 15.9 Å². The van der Waals surface area contributed by atoms with Gasteiger partial charge < -0.3 is 5.32 Å². The predicted molar refractivity (Wildman–Crippen MR) is 137 cm³/mol. The third-order valence-corrected chi connectivity index (χ3v) is 7.69. The number of rotatable bonds is 4. The highest BCUT2D eigenvalue weighted by atomic mass is 32.1. The molecule has 8 heteroatoms. The van der Waals surface area contributed by atoms with Crippen molar-refractivity contribution in [2.75, 3.05) is 5.32 Å². The summed E-state index contributed by atoms with van der Waals surface area (Å²) in [7, 11) is 0. The van der Waals surface area contributed by atoms with Crippen molar-refractivity contribution in [2.45, 2.75) is 34.2 Å². The average molecular weight is 475 g/mol. The normalized spacial score (nSPS) is 11.4. The molecule has 1 N–H and O–H groups in total. The Hall–Kier alpha value is -3.36. The Morgan fingerprint density at radius 3 is 2.64 bits per heavy atom. The Balaban J connectivity index is 1.48. The van der Waals surface area contributed by atoms with Crippen molar-refractivity contribution in [1.82, 2.24) is 14.5 Å². The van der Waals surface area contributed by atoms with E-state index in [2.05, 4.69) is 41.3 Å². The van der Waals surface area contributed by atoms with Gasteiger partial charge in [0.1, 0.15) is 11.4 Å². The SMILES string of the molecule is Cc1nc2ccc(NC(=O)Cn3cnc4sc(C)c(-c5ccc(C)c(C)c5)c4c3=O)cc2s1. The number of amides is 1. The van der Waals surface area contributed by atoms with Gasteiger partial charge in [-0.3, -0.25) is 14.2 Å². The van der Waals surface area contributed by atoms with Crippen LogP contribution in [0.15, 0.2) is 47.5 Å². The van der Waals surface area contributed by atoms with Crippen LogP contribution in [0, 0.1) is 27.7 Å². The summed E-state index contributed by atoms with van der Waals surface area (Å²) in [6.07, 6.45) is 1.46. The first-order chi connectivity index (χ1) is 15.8. The first-order valence-electron chi connectivity index (χ1n) is 10.5. The van der Waals surface area contributed by atoms with Gasteiger partial charge in [-0.1, -0.05) is 18.2 Å². The number of nitrogens with zero attached hydrogens (tertiary/aromatic N) is 3. The first-order valence-corrected chi connectivity index (χ1v) is 12.2. The Morgan fingerprint density at radius 2 is 1.85 bits per heavy atom. The molecule has 0 aliphatic rings. The second-order valence-electron chi connectivity index (χ2n) is 8.15. The average Bonchev–Trinajstić information content (AvgIpc) is 3.30. The van der Waals surface area contributed by atoms with Crippen molar-refractivity contribution in [3.8, 4) is 11.1 Å². The quantitative estimate of drug-likeness (QED) is 0.367. The lowest BCUT2D eigenvalue weighted by atomic mass is 9.99. The van der Waals surface area contributed by atoms with E-state index < -0.39 is 0 Å². The minimum absolute atomic E-state index is 0.108. The van der Waals surface area contributed by atoms with Gasteiger partial charge >= 0.3 is 0 Å². The maximum absolute atomic E-state index is 13.4. The number of thiazole rings is 1. The van der Waals surface area contributed by atoms with Gasteiger partial charge in [-0.2, -0.15) is 0 Å². The molecule has 0 radical (unpaired) electrons. The number of fused-ring (bicyclic) bond motifs is 2. The van der Waals surface area contributed by atoms with Crippen LogP contribution in [0.2, 0.25) is 0 Å². The Kier molecular flexibility index (Phi) is 5.34. The predicted octanol–water partition coefficient (Wildman–Crippen LogP) is 5.61. The minimum Gasteiger partial charge on any atom is -0.324 e.